The zero-order valence-corrected chi connectivity index (χ0v) is 19.6. The van der Waals surface area contributed by atoms with Gasteiger partial charge >= 0.3 is 18.0 Å². The molecule has 8 heteroatoms. The van der Waals surface area contributed by atoms with E-state index in [2.05, 4.69) is 5.32 Å². The molecule has 0 aromatic carbocycles. The minimum atomic E-state index is -0.983. The predicted octanol–water partition coefficient (Wildman–Crippen LogP) is 4.26. The average Bonchev–Trinajstić information content (AvgIpc) is 2.74. The molecule has 0 radical (unpaired) electrons. The fourth-order valence-corrected chi connectivity index (χ4v) is 4.35. The van der Waals surface area contributed by atoms with Crippen LogP contribution in [0.2, 0.25) is 0 Å². The minimum absolute atomic E-state index is 0.00107. The Kier molecular flexibility index (Phi) is 10.1. The van der Waals surface area contributed by atoms with Crippen LogP contribution in [0.5, 0.6) is 0 Å². The first kappa shape index (κ1) is 25.4. The first-order valence-electron chi connectivity index (χ1n) is 11.8. The van der Waals surface area contributed by atoms with Crippen LogP contribution in [-0.2, 0) is 23.9 Å². The Morgan fingerprint density at radius 1 is 0.935 bits per heavy atom. The van der Waals surface area contributed by atoms with Gasteiger partial charge in [-0.2, -0.15) is 0 Å². The third-order valence-electron chi connectivity index (χ3n) is 5.90. The van der Waals surface area contributed by atoms with Gasteiger partial charge in [0.1, 0.15) is 11.6 Å². The molecule has 2 rings (SSSR count). The van der Waals surface area contributed by atoms with Crippen molar-refractivity contribution in [3.8, 4) is 0 Å². The number of nitrogens with zero attached hydrogens (tertiary/aromatic N) is 1. The van der Waals surface area contributed by atoms with E-state index in [9.17, 15) is 14.4 Å². The molecule has 178 valence electrons. The monoisotopic (exact) mass is 440 g/mol. The molecule has 0 heterocycles. The summed E-state index contributed by atoms with van der Waals surface area (Å²) in [5.74, 6) is -0.994. The molecule has 0 unspecified atom stereocenters. The van der Waals surface area contributed by atoms with Crippen molar-refractivity contribution >= 4 is 18.0 Å². The molecule has 0 aromatic rings. The van der Waals surface area contributed by atoms with Crippen LogP contribution in [0, 0.1) is 0 Å². The summed E-state index contributed by atoms with van der Waals surface area (Å²) in [6, 6.07) is -0.559. The fraction of sp³-hybridized carbons (Fsp3) is 0.870. The largest absolute Gasteiger partial charge is 0.469 e. The smallest absolute Gasteiger partial charge is 0.408 e. The van der Waals surface area contributed by atoms with Crippen molar-refractivity contribution in [1.29, 1.82) is 0 Å². The van der Waals surface area contributed by atoms with Crippen LogP contribution in [0.15, 0.2) is 0 Å². The molecule has 0 spiro atoms. The molecule has 8 nitrogen and oxygen atoms in total. The van der Waals surface area contributed by atoms with Crippen molar-refractivity contribution in [3.63, 3.8) is 0 Å². The van der Waals surface area contributed by atoms with Gasteiger partial charge in [0, 0.05) is 18.5 Å². The van der Waals surface area contributed by atoms with E-state index in [4.69, 9.17) is 14.3 Å². The molecule has 2 aliphatic rings. The molecule has 31 heavy (non-hydrogen) atoms. The zero-order chi connectivity index (χ0) is 22.9. The molecule has 2 aliphatic carbocycles. The van der Waals surface area contributed by atoms with Gasteiger partial charge in [-0.3, -0.25) is 4.79 Å². The van der Waals surface area contributed by atoms with Crippen molar-refractivity contribution in [3.05, 3.63) is 0 Å². The summed E-state index contributed by atoms with van der Waals surface area (Å²) in [4.78, 5) is 43.1. The van der Waals surface area contributed by atoms with Gasteiger partial charge in [0.25, 0.3) is 0 Å². The van der Waals surface area contributed by atoms with Crippen molar-refractivity contribution < 1.29 is 28.7 Å². The van der Waals surface area contributed by atoms with Gasteiger partial charge in [-0.25, -0.2) is 9.59 Å². The van der Waals surface area contributed by atoms with Crippen LogP contribution in [0.1, 0.15) is 97.8 Å². The van der Waals surface area contributed by atoms with Crippen LogP contribution in [0.4, 0.5) is 4.79 Å². The average molecular weight is 441 g/mol. The summed E-state index contributed by atoms with van der Waals surface area (Å²) < 4.78 is 9.99. The summed E-state index contributed by atoms with van der Waals surface area (Å²) in [6.45, 7) is 5.26. The van der Waals surface area contributed by atoms with E-state index in [0.717, 1.165) is 51.4 Å². The number of rotatable bonds is 8. The van der Waals surface area contributed by atoms with Gasteiger partial charge in [-0.05, 0) is 52.9 Å². The number of hydroxylamine groups is 2. The highest BCUT2D eigenvalue weighted by molar-refractivity contribution is 5.82. The first-order chi connectivity index (χ1) is 14.7. The topological polar surface area (TPSA) is 94.2 Å². The van der Waals surface area contributed by atoms with Crippen molar-refractivity contribution in [2.45, 2.75) is 122 Å². The van der Waals surface area contributed by atoms with Crippen molar-refractivity contribution in [1.82, 2.24) is 10.4 Å². The van der Waals surface area contributed by atoms with Crippen LogP contribution >= 0.6 is 0 Å². The third-order valence-corrected chi connectivity index (χ3v) is 5.90. The van der Waals surface area contributed by atoms with Gasteiger partial charge < -0.3 is 19.6 Å². The van der Waals surface area contributed by atoms with Crippen LogP contribution in [0.25, 0.3) is 0 Å². The van der Waals surface area contributed by atoms with E-state index in [1.165, 1.54) is 20.0 Å². The van der Waals surface area contributed by atoms with Gasteiger partial charge in [0.05, 0.1) is 7.11 Å². The number of nitrogens with one attached hydrogen (secondary N) is 1. The van der Waals surface area contributed by atoms with Gasteiger partial charge in [-0.15, -0.1) is 5.06 Å². The maximum atomic E-state index is 13.2. The van der Waals surface area contributed by atoms with E-state index in [1.54, 1.807) is 20.8 Å². The standard InChI is InChI=1S/C23H40N2O6/c1-23(2,3)30-22(28)24-19(15-16-20(26)29-4)21(27)31-25(17-11-7-5-8-12-17)18-13-9-6-10-14-18/h17-19H,5-16H2,1-4H3,(H,24,28)/t19-/m0/s1. The SMILES string of the molecule is COC(=O)CC[C@H](NC(=O)OC(C)(C)C)C(=O)ON(C1CCCCC1)C1CCCCC1. The summed E-state index contributed by atoms with van der Waals surface area (Å²) >= 11 is 0. The number of carbonyl (C=O) groups is 3. The number of esters is 1. The van der Waals surface area contributed by atoms with Crippen molar-refractivity contribution in [2.75, 3.05) is 7.11 Å². The lowest BCUT2D eigenvalue weighted by Crippen LogP contribution is -2.51. The zero-order valence-electron chi connectivity index (χ0n) is 19.6. The number of hydrogen-bond acceptors (Lipinski definition) is 7. The molecule has 2 saturated carbocycles. The van der Waals surface area contributed by atoms with E-state index >= 15 is 0 Å². The molecule has 0 aromatic heterocycles. The number of ether oxygens (including phenoxy) is 2. The number of amides is 1. The molecule has 2 fully saturated rings. The Hall–Kier alpha value is -1.83. The van der Waals surface area contributed by atoms with Crippen LogP contribution in [0.3, 0.4) is 0 Å². The van der Waals surface area contributed by atoms with E-state index in [1.807, 2.05) is 5.06 Å². The molecule has 1 atom stereocenters. The second-order valence-electron chi connectivity index (χ2n) is 9.67. The normalized spacial score (nSPS) is 19.5. The minimum Gasteiger partial charge on any atom is -0.469 e. The molecule has 0 aliphatic heterocycles. The Morgan fingerprint density at radius 3 is 1.90 bits per heavy atom. The summed E-state index contributed by atoms with van der Waals surface area (Å²) in [5.41, 5.74) is -0.697. The maximum absolute atomic E-state index is 13.2. The number of alkyl carbamates (subject to hydrolysis) is 1. The second-order valence-corrected chi connectivity index (χ2v) is 9.67. The highest BCUT2D eigenvalue weighted by atomic mass is 16.7. The highest BCUT2D eigenvalue weighted by Gasteiger charge is 2.35. The summed E-state index contributed by atoms with van der Waals surface area (Å²) in [7, 11) is 1.30. The molecular formula is C23H40N2O6. The van der Waals surface area contributed by atoms with Gasteiger partial charge in [-0.1, -0.05) is 38.5 Å². The van der Waals surface area contributed by atoms with Gasteiger partial charge in [0.15, 0.2) is 0 Å². The molecule has 0 saturated heterocycles. The maximum Gasteiger partial charge on any atom is 0.408 e. The van der Waals surface area contributed by atoms with E-state index < -0.39 is 29.7 Å². The number of methoxy groups -OCH3 is 1. The van der Waals surface area contributed by atoms with Gasteiger partial charge in [0.2, 0.25) is 0 Å². The lowest BCUT2D eigenvalue weighted by molar-refractivity contribution is -0.225. The number of hydrogen-bond donors (Lipinski definition) is 1. The number of carbonyl (C=O) groups excluding carboxylic acids is 3. The lowest BCUT2D eigenvalue weighted by Gasteiger charge is -2.40. The lowest BCUT2D eigenvalue weighted by atomic mass is 9.90. The molecule has 0 bridgehead atoms. The van der Waals surface area contributed by atoms with E-state index in [0.29, 0.717) is 0 Å². The van der Waals surface area contributed by atoms with Crippen LogP contribution < -0.4 is 5.32 Å². The molecular weight excluding hydrogens is 400 g/mol. The quantitative estimate of drug-likeness (QED) is 0.445. The molecule has 1 N–H and O–H groups in total. The Morgan fingerprint density at radius 2 is 1.45 bits per heavy atom. The highest BCUT2D eigenvalue weighted by Crippen LogP contribution is 2.30. The van der Waals surface area contributed by atoms with Crippen molar-refractivity contribution in [2.24, 2.45) is 0 Å². The fourth-order valence-electron chi connectivity index (χ4n) is 4.35. The first-order valence-corrected chi connectivity index (χ1v) is 11.8. The Bertz CT molecular complexity index is 573. The summed E-state index contributed by atoms with van der Waals surface area (Å²) in [6.07, 6.45) is 10.4. The third kappa shape index (κ3) is 9.05. The Labute approximate surface area is 186 Å². The second kappa shape index (κ2) is 12.3. The van der Waals surface area contributed by atoms with Crippen LogP contribution in [-0.4, -0.2) is 53.9 Å². The summed E-state index contributed by atoms with van der Waals surface area (Å²) in [5, 5.41) is 4.51. The predicted molar refractivity (Wildman–Crippen MR) is 116 cm³/mol. The molecule has 1 amide bonds. The Balaban J connectivity index is 2.10. The van der Waals surface area contributed by atoms with E-state index in [-0.39, 0.29) is 24.9 Å².